The molecule has 1 heterocycles. The smallest absolute Gasteiger partial charge is 0.133 e. The molecule has 1 aliphatic rings. The quantitative estimate of drug-likeness (QED) is 0.794. The zero-order valence-electron chi connectivity index (χ0n) is 10.9. The number of aryl methyl sites for hydroxylation is 1. The van der Waals surface area contributed by atoms with Crippen molar-refractivity contribution in [3.8, 4) is 0 Å². The van der Waals surface area contributed by atoms with Crippen LogP contribution >= 0.6 is 35.4 Å². The molecule has 0 fully saturated rings. The molecule has 3 rings (SSSR count). The zero-order valence-corrected chi connectivity index (χ0v) is 13.2. The first-order chi connectivity index (χ1) is 9.63. The number of rotatable bonds is 2. The fourth-order valence-corrected chi connectivity index (χ4v) is 3.41. The summed E-state index contributed by atoms with van der Waals surface area (Å²) >= 11 is 17.5. The maximum Gasteiger partial charge on any atom is 0.133 e. The van der Waals surface area contributed by atoms with E-state index >= 15 is 0 Å². The summed E-state index contributed by atoms with van der Waals surface area (Å²) in [6.07, 6.45) is 5.16. The fourth-order valence-electron chi connectivity index (χ4n) is 2.60. The van der Waals surface area contributed by atoms with Crippen molar-refractivity contribution in [1.82, 2.24) is 9.97 Å². The van der Waals surface area contributed by atoms with Crippen LogP contribution in [-0.4, -0.2) is 9.97 Å². The fraction of sp³-hybridized carbons (Fsp3) is 0.333. The molecule has 0 saturated heterocycles. The van der Waals surface area contributed by atoms with E-state index < -0.39 is 0 Å². The number of aromatic amines is 1. The van der Waals surface area contributed by atoms with E-state index in [9.17, 15) is 0 Å². The molecule has 0 unspecified atom stereocenters. The molecule has 1 aromatic carbocycles. The summed E-state index contributed by atoms with van der Waals surface area (Å²) in [5, 5.41) is 1.31. The first-order valence-corrected chi connectivity index (χ1v) is 7.85. The summed E-state index contributed by atoms with van der Waals surface area (Å²) in [5.74, 6) is 0.875. The molecule has 1 aliphatic carbocycles. The van der Waals surface area contributed by atoms with E-state index in [1.165, 1.54) is 24.1 Å². The summed E-state index contributed by atoms with van der Waals surface area (Å²) in [5.41, 5.74) is 3.47. The maximum absolute atomic E-state index is 6.21. The van der Waals surface area contributed by atoms with Crippen LogP contribution in [0.3, 0.4) is 0 Å². The van der Waals surface area contributed by atoms with Crippen LogP contribution in [0.2, 0.25) is 10.0 Å². The highest BCUT2D eigenvalue weighted by atomic mass is 35.5. The van der Waals surface area contributed by atoms with Gasteiger partial charge in [-0.05, 0) is 43.4 Å². The van der Waals surface area contributed by atoms with E-state index in [1.54, 1.807) is 6.07 Å². The average Bonchev–Trinajstić information content (AvgIpc) is 2.42. The molecule has 1 aromatic heterocycles. The van der Waals surface area contributed by atoms with Crippen LogP contribution in [0.5, 0.6) is 0 Å². The van der Waals surface area contributed by atoms with Gasteiger partial charge in [-0.2, -0.15) is 0 Å². The summed E-state index contributed by atoms with van der Waals surface area (Å²) in [6, 6.07) is 5.53. The number of hydrogen-bond acceptors (Lipinski definition) is 2. The van der Waals surface area contributed by atoms with Gasteiger partial charge in [-0.25, -0.2) is 4.98 Å². The highest BCUT2D eigenvalue weighted by Crippen LogP contribution is 2.24. The lowest BCUT2D eigenvalue weighted by molar-refractivity contribution is 0.653. The molecule has 0 aliphatic heterocycles. The molecule has 0 radical (unpaired) electrons. The third kappa shape index (κ3) is 2.90. The molecule has 104 valence electrons. The third-order valence-corrected chi connectivity index (χ3v) is 4.56. The number of nitrogens with one attached hydrogen (secondary N) is 1. The maximum atomic E-state index is 6.21. The van der Waals surface area contributed by atoms with Crippen LogP contribution in [-0.2, 0) is 19.3 Å². The number of benzene rings is 1. The molecule has 0 atom stereocenters. The van der Waals surface area contributed by atoms with Crippen LogP contribution in [0.25, 0.3) is 0 Å². The Morgan fingerprint density at radius 1 is 1.20 bits per heavy atom. The lowest BCUT2D eigenvalue weighted by atomic mass is 9.97. The van der Waals surface area contributed by atoms with Gasteiger partial charge in [0.05, 0.1) is 0 Å². The standard InChI is InChI=1S/C15H14Cl2N2S/c16-10-6-5-9(12(17)8-10)7-14-18-13-4-2-1-3-11(13)15(20)19-14/h5-6,8H,1-4,7H2,(H,18,19,20). The Hall–Kier alpha value is -0.900. The summed E-state index contributed by atoms with van der Waals surface area (Å²) in [6.45, 7) is 0. The first-order valence-electron chi connectivity index (χ1n) is 6.68. The van der Waals surface area contributed by atoms with Crippen LogP contribution in [0.15, 0.2) is 18.2 Å². The molecular formula is C15H14Cl2N2S. The number of nitrogens with zero attached hydrogens (tertiary/aromatic N) is 1. The predicted octanol–water partition coefficient (Wildman–Crippen LogP) is 4.92. The van der Waals surface area contributed by atoms with Gasteiger partial charge in [0, 0.05) is 27.7 Å². The highest BCUT2D eigenvalue weighted by molar-refractivity contribution is 7.71. The van der Waals surface area contributed by atoms with E-state index in [2.05, 4.69) is 9.97 Å². The second kappa shape index (κ2) is 5.84. The minimum atomic E-state index is 0.644. The Labute approximate surface area is 133 Å². The molecule has 2 aromatic rings. The molecule has 0 saturated carbocycles. The Kier molecular flexibility index (Phi) is 4.11. The van der Waals surface area contributed by atoms with Gasteiger partial charge in [0.1, 0.15) is 10.5 Å². The highest BCUT2D eigenvalue weighted by Gasteiger charge is 2.14. The minimum absolute atomic E-state index is 0.644. The van der Waals surface area contributed by atoms with Crippen molar-refractivity contribution in [2.24, 2.45) is 0 Å². The van der Waals surface area contributed by atoms with Crippen LogP contribution in [0.1, 0.15) is 35.5 Å². The monoisotopic (exact) mass is 324 g/mol. The van der Waals surface area contributed by atoms with Crippen molar-refractivity contribution in [3.63, 3.8) is 0 Å². The molecule has 2 nitrogen and oxygen atoms in total. The lowest BCUT2D eigenvalue weighted by Crippen LogP contribution is -2.10. The van der Waals surface area contributed by atoms with E-state index in [1.807, 2.05) is 12.1 Å². The molecule has 0 spiro atoms. The van der Waals surface area contributed by atoms with Gasteiger partial charge in [-0.15, -0.1) is 0 Å². The summed E-state index contributed by atoms with van der Waals surface area (Å²) in [4.78, 5) is 7.94. The largest absolute Gasteiger partial charge is 0.347 e. The first kappa shape index (κ1) is 14.1. The Balaban J connectivity index is 1.95. The Morgan fingerprint density at radius 3 is 2.80 bits per heavy atom. The van der Waals surface area contributed by atoms with Crippen molar-refractivity contribution in [2.45, 2.75) is 32.1 Å². The van der Waals surface area contributed by atoms with E-state index in [0.29, 0.717) is 16.5 Å². The van der Waals surface area contributed by atoms with Crippen LogP contribution < -0.4 is 0 Å². The number of halogens is 2. The molecule has 1 N–H and O–H groups in total. The third-order valence-electron chi connectivity index (χ3n) is 3.63. The van der Waals surface area contributed by atoms with Gasteiger partial charge in [0.2, 0.25) is 0 Å². The van der Waals surface area contributed by atoms with Crippen molar-refractivity contribution < 1.29 is 0 Å². The molecule has 5 heteroatoms. The van der Waals surface area contributed by atoms with Gasteiger partial charge in [0.15, 0.2) is 0 Å². The molecule has 0 bridgehead atoms. The summed E-state index contributed by atoms with van der Waals surface area (Å²) in [7, 11) is 0. The SMILES string of the molecule is S=c1nc(Cc2ccc(Cl)cc2Cl)[nH]c2c1CCCC2. The number of aromatic nitrogens is 2. The minimum Gasteiger partial charge on any atom is -0.347 e. The van der Waals surface area contributed by atoms with Gasteiger partial charge in [0.25, 0.3) is 0 Å². The van der Waals surface area contributed by atoms with Gasteiger partial charge >= 0.3 is 0 Å². The van der Waals surface area contributed by atoms with Crippen molar-refractivity contribution in [3.05, 3.63) is 55.5 Å². The van der Waals surface area contributed by atoms with Crippen molar-refractivity contribution in [1.29, 1.82) is 0 Å². The second-order valence-corrected chi connectivity index (χ2v) is 6.30. The number of hydrogen-bond donors (Lipinski definition) is 1. The van der Waals surface area contributed by atoms with Gasteiger partial charge < -0.3 is 4.98 Å². The van der Waals surface area contributed by atoms with Crippen LogP contribution in [0, 0.1) is 4.64 Å². The normalized spacial score (nSPS) is 14.1. The van der Waals surface area contributed by atoms with E-state index in [-0.39, 0.29) is 0 Å². The number of H-pyrrole nitrogens is 1. The second-order valence-electron chi connectivity index (χ2n) is 5.07. The lowest BCUT2D eigenvalue weighted by Gasteiger charge is -2.16. The van der Waals surface area contributed by atoms with Gasteiger partial charge in [-0.3, -0.25) is 0 Å². The predicted molar refractivity (Wildman–Crippen MR) is 85.3 cm³/mol. The number of fused-ring (bicyclic) bond motifs is 1. The summed E-state index contributed by atoms with van der Waals surface area (Å²) < 4.78 is 0.735. The van der Waals surface area contributed by atoms with Gasteiger partial charge in [-0.1, -0.05) is 41.5 Å². The van der Waals surface area contributed by atoms with Crippen molar-refractivity contribution >= 4 is 35.4 Å². The molecule has 0 amide bonds. The molecule has 20 heavy (non-hydrogen) atoms. The Bertz CT molecular complexity index is 710. The topological polar surface area (TPSA) is 28.7 Å². The van der Waals surface area contributed by atoms with Crippen LogP contribution in [0.4, 0.5) is 0 Å². The molecular weight excluding hydrogens is 311 g/mol. The zero-order chi connectivity index (χ0) is 14.1. The van der Waals surface area contributed by atoms with Crippen molar-refractivity contribution in [2.75, 3.05) is 0 Å². The average molecular weight is 325 g/mol. The van der Waals surface area contributed by atoms with E-state index in [4.69, 9.17) is 35.4 Å². The van der Waals surface area contributed by atoms with E-state index in [0.717, 1.165) is 28.9 Å². The Morgan fingerprint density at radius 2 is 2.00 bits per heavy atom.